The monoisotopic (exact) mass is 452 g/mol. The Morgan fingerprint density at radius 3 is 2.55 bits per heavy atom. The van der Waals surface area contributed by atoms with Gasteiger partial charge in [-0.2, -0.15) is 13.2 Å². The lowest BCUT2D eigenvalue weighted by Gasteiger charge is -2.12. The first kappa shape index (κ1) is 20.9. The van der Waals surface area contributed by atoms with E-state index in [4.69, 9.17) is 5.73 Å². The van der Waals surface area contributed by atoms with Gasteiger partial charge in [-0.25, -0.2) is 15.0 Å². The van der Waals surface area contributed by atoms with Crippen molar-refractivity contribution in [2.24, 2.45) is 0 Å². The molecule has 1 amide bonds. The number of aryl methyl sites for hydroxylation is 1. The number of alkyl halides is 3. The predicted molar refractivity (Wildman–Crippen MR) is 117 cm³/mol. The Kier molecular flexibility index (Phi) is 4.99. The molecule has 1 aliphatic carbocycles. The first-order chi connectivity index (χ1) is 15.8. The second-order valence-corrected chi connectivity index (χ2v) is 7.89. The highest BCUT2D eigenvalue weighted by Crippen LogP contribution is 2.36. The van der Waals surface area contributed by atoms with Crippen LogP contribution in [0.2, 0.25) is 0 Å². The summed E-state index contributed by atoms with van der Waals surface area (Å²) >= 11 is 0. The van der Waals surface area contributed by atoms with Gasteiger partial charge in [0.25, 0.3) is 0 Å². The normalized spacial score (nSPS) is 13.3. The van der Waals surface area contributed by atoms with Gasteiger partial charge >= 0.3 is 6.18 Å². The standard InChI is InChI=1S/C23H19F3N6O/c24-23(25,26)18-9-6-14(11-28-18)31-19(33)10-13-4-7-15(8-5-13)32-17-3-1-2-16(17)20-21(32)22(27)30-12-29-20/h4-9,11-12H,1-3,10H2,(H,31,33)(H2,27,29,30). The Labute approximate surface area is 186 Å². The molecule has 1 aromatic carbocycles. The Morgan fingerprint density at radius 1 is 1.06 bits per heavy atom. The number of amides is 1. The van der Waals surface area contributed by atoms with E-state index in [0.717, 1.165) is 53.8 Å². The van der Waals surface area contributed by atoms with Gasteiger partial charge < -0.3 is 15.6 Å². The lowest BCUT2D eigenvalue weighted by molar-refractivity contribution is -0.141. The number of carbonyl (C=O) groups excluding carboxylic acids is 1. The molecule has 168 valence electrons. The summed E-state index contributed by atoms with van der Waals surface area (Å²) in [6, 6.07) is 9.51. The Morgan fingerprint density at radius 2 is 1.85 bits per heavy atom. The molecule has 0 unspecified atom stereocenters. The minimum Gasteiger partial charge on any atom is -0.382 e. The van der Waals surface area contributed by atoms with E-state index in [0.29, 0.717) is 5.82 Å². The first-order valence-corrected chi connectivity index (χ1v) is 10.4. The van der Waals surface area contributed by atoms with E-state index in [1.165, 1.54) is 23.7 Å². The molecule has 1 aliphatic rings. The molecule has 10 heteroatoms. The summed E-state index contributed by atoms with van der Waals surface area (Å²) in [5.74, 6) is 0.0669. The minimum atomic E-state index is -4.52. The Hall–Kier alpha value is -3.95. The molecule has 0 atom stereocenters. The number of rotatable bonds is 4. The minimum absolute atomic E-state index is 0.0666. The maximum absolute atomic E-state index is 12.6. The number of fused-ring (bicyclic) bond motifs is 3. The van der Waals surface area contributed by atoms with Crippen LogP contribution in [0.15, 0.2) is 48.9 Å². The first-order valence-electron chi connectivity index (χ1n) is 10.4. The number of nitrogens with zero attached hydrogens (tertiary/aromatic N) is 4. The molecule has 33 heavy (non-hydrogen) atoms. The van der Waals surface area contributed by atoms with Crippen LogP contribution in [0, 0.1) is 0 Å². The number of anilines is 2. The van der Waals surface area contributed by atoms with Crippen molar-refractivity contribution in [3.63, 3.8) is 0 Å². The molecule has 0 spiro atoms. The van der Waals surface area contributed by atoms with Gasteiger partial charge in [0.15, 0.2) is 5.82 Å². The van der Waals surface area contributed by atoms with Crippen molar-refractivity contribution in [3.8, 4) is 5.69 Å². The molecule has 0 saturated heterocycles. The van der Waals surface area contributed by atoms with Crippen LogP contribution < -0.4 is 11.1 Å². The molecule has 0 radical (unpaired) electrons. The third-order valence-electron chi connectivity index (χ3n) is 5.72. The molecule has 0 fully saturated rings. The largest absolute Gasteiger partial charge is 0.433 e. The number of benzene rings is 1. The van der Waals surface area contributed by atoms with E-state index in [2.05, 4.69) is 24.8 Å². The van der Waals surface area contributed by atoms with Gasteiger partial charge in [-0.05, 0) is 54.7 Å². The van der Waals surface area contributed by atoms with Crippen molar-refractivity contribution in [1.29, 1.82) is 0 Å². The molecule has 5 rings (SSSR count). The molecule has 3 N–H and O–H groups in total. The number of nitrogen functional groups attached to an aromatic ring is 1. The van der Waals surface area contributed by atoms with Crippen molar-refractivity contribution >= 4 is 28.4 Å². The summed E-state index contributed by atoms with van der Waals surface area (Å²) in [5.41, 5.74) is 11.1. The molecule has 4 aromatic rings. The van der Waals surface area contributed by atoms with E-state index in [1.54, 1.807) is 0 Å². The van der Waals surface area contributed by atoms with Crippen LogP contribution in [0.5, 0.6) is 0 Å². The summed E-state index contributed by atoms with van der Waals surface area (Å²) < 4.78 is 39.9. The zero-order valence-electron chi connectivity index (χ0n) is 17.4. The van der Waals surface area contributed by atoms with E-state index in [-0.39, 0.29) is 18.0 Å². The molecule has 3 heterocycles. The zero-order valence-corrected chi connectivity index (χ0v) is 17.4. The highest BCUT2D eigenvalue weighted by atomic mass is 19.4. The molecule has 3 aromatic heterocycles. The van der Waals surface area contributed by atoms with Crippen LogP contribution in [0.3, 0.4) is 0 Å². The fourth-order valence-electron chi connectivity index (χ4n) is 4.27. The second kappa shape index (κ2) is 7.88. The third kappa shape index (κ3) is 3.88. The number of pyridine rings is 1. The number of nitrogens with two attached hydrogens (primary N) is 1. The summed E-state index contributed by atoms with van der Waals surface area (Å²) in [6.45, 7) is 0. The van der Waals surface area contributed by atoms with Crippen molar-refractivity contribution in [1.82, 2.24) is 19.5 Å². The van der Waals surface area contributed by atoms with Crippen molar-refractivity contribution in [3.05, 3.63) is 71.4 Å². The van der Waals surface area contributed by atoms with Crippen LogP contribution in [0.1, 0.15) is 28.9 Å². The number of hydrogen-bond acceptors (Lipinski definition) is 5. The fraction of sp³-hybridized carbons (Fsp3) is 0.217. The van der Waals surface area contributed by atoms with E-state index >= 15 is 0 Å². The predicted octanol–water partition coefficient (Wildman–Crippen LogP) is 4.09. The van der Waals surface area contributed by atoms with Gasteiger partial charge in [-0.1, -0.05) is 12.1 Å². The van der Waals surface area contributed by atoms with Gasteiger partial charge in [-0.3, -0.25) is 4.79 Å². The van der Waals surface area contributed by atoms with Crippen molar-refractivity contribution in [2.75, 3.05) is 11.1 Å². The summed E-state index contributed by atoms with van der Waals surface area (Å²) in [4.78, 5) is 24.3. The maximum atomic E-state index is 12.6. The molecular weight excluding hydrogens is 433 g/mol. The van der Waals surface area contributed by atoms with Gasteiger partial charge in [0.2, 0.25) is 5.91 Å². The zero-order chi connectivity index (χ0) is 23.2. The SMILES string of the molecule is Nc1ncnc2c3c(n(-c4ccc(CC(=O)Nc5ccc(C(F)(F)F)nc5)cc4)c12)CCC3. The van der Waals surface area contributed by atoms with Gasteiger partial charge in [0, 0.05) is 11.4 Å². The summed E-state index contributed by atoms with van der Waals surface area (Å²) in [7, 11) is 0. The number of halogens is 3. The second-order valence-electron chi connectivity index (χ2n) is 7.89. The average molecular weight is 452 g/mol. The maximum Gasteiger partial charge on any atom is 0.433 e. The number of hydrogen-bond donors (Lipinski definition) is 2. The van der Waals surface area contributed by atoms with Crippen LogP contribution in [-0.2, 0) is 30.2 Å². The van der Waals surface area contributed by atoms with E-state index in [9.17, 15) is 18.0 Å². The molecule has 0 aliphatic heterocycles. The van der Waals surface area contributed by atoms with Crippen molar-refractivity contribution < 1.29 is 18.0 Å². The highest BCUT2D eigenvalue weighted by Gasteiger charge is 2.32. The Balaban J connectivity index is 1.34. The lowest BCUT2D eigenvalue weighted by atomic mass is 10.1. The highest BCUT2D eigenvalue weighted by molar-refractivity contribution is 5.93. The smallest absolute Gasteiger partial charge is 0.382 e. The van der Waals surface area contributed by atoms with Crippen LogP contribution in [-0.4, -0.2) is 25.4 Å². The number of carbonyl (C=O) groups is 1. The summed E-state index contributed by atoms with van der Waals surface area (Å²) in [5, 5.41) is 2.57. The fourth-order valence-corrected chi connectivity index (χ4v) is 4.27. The average Bonchev–Trinajstić information content (AvgIpc) is 3.36. The number of aromatic nitrogens is 4. The van der Waals surface area contributed by atoms with E-state index < -0.39 is 11.9 Å². The van der Waals surface area contributed by atoms with Crippen LogP contribution in [0.4, 0.5) is 24.7 Å². The molecule has 0 saturated carbocycles. The Bertz CT molecular complexity index is 1340. The number of nitrogens with one attached hydrogen (secondary N) is 1. The summed E-state index contributed by atoms with van der Waals surface area (Å²) in [6.07, 6.45) is 0.955. The molecule has 7 nitrogen and oxygen atoms in total. The topological polar surface area (TPSA) is 98.7 Å². The third-order valence-corrected chi connectivity index (χ3v) is 5.72. The quantitative estimate of drug-likeness (QED) is 0.486. The van der Waals surface area contributed by atoms with E-state index in [1.807, 2.05) is 24.3 Å². The van der Waals surface area contributed by atoms with Crippen molar-refractivity contribution in [2.45, 2.75) is 31.9 Å². The van der Waals surface area contributed by atoms with Crippen LogP contribution in [0.25, 0.3) is 16.7 Å². The van der Waals surface area contributed by atoms with Gasteiger partial charge in [0.05, 0.1) is 23.8 Å². The lowest BCUT2D eigenvalue weighted by Crippen LogP contribution is -2.15. The molecular formula is C23H19F3N6O. The van der Waals surface area contributed by atoms with Crippen LogP contribution >= 0.6 is 0 Å². The molecule has 0 bridgehead atoms. The van der Waals surface area contributed by atoms with Gasteiger partial charge in [0.1, 0.15) is 17.5 Å². The van der Waals surface area contributed by atoms with Gasteiger partial charge in [-0.15, -0.1) is 0 Å².